The van der Waals surface area contributed by atoms with E-state index >= 15 is 0 Å². The molecule has 0 aliphatic carbocycles. The number of hydrogen-bond acceptors (Lipinski definition) is 5. The smallest absolute Gasteiger partial charge is 0.295 e. The zero-order chi connectivity index (χ0) is 20.7. The van der Waals surface area contributed by atoms with Crippen LogP contribution in [0.25, 0.3) is 0 Å². The molecule has 0 aromatic heterocycles. The second-order valence-electron chi connectivity index (χ2n) is 9.55. The minimum atomic E-state index is -4.48. The fourth-order valence-electron chi connectivity index (χ4n) is 2.87. The Morgan fingerprint density at radius 1 is 0.885 bits per heavy atom. The summed E-state index contributed by atoms with van der Waals surface area (Å²) in [5.74, 6) is 0.347. The Hall–Kier alpha value is -0.760. The minimum absolute atomic E-state index is 0.0924. The van der Waals surface area contributed by atoms with Gasteiger partial charge in [-0.3, -0.25) is 4.55 Å². The number of hydrogen-bond donors (Lipinski definition) is 1. The van der Waals surface area contributed by atoms with Crippen molar-refractivity contribution in [3.05, 3.63) is 22.8 Å². The molecule has 0 heterocycles. The average molecular weight is 405 g/mol. The third kappa shape index (κ3) is 5.15. The van der Waals surface area contributed by atoms with Crippen LogP contribution in [-0.4, -0.2) is 19.2 Å². The fraction of sp³-hybridized carbons (Fsp3) is 0.684. The summed E-state index contributed by atoms with van der Waals surface area (Å²) in [7, 11) is -4.48. The molecule has 7 heteroatoms. The highest BCUT2D eigenvalue weighted by Gasteiger charge is 2.39. The van der Waals surface area contributed by atoms with E-state index in [0.29, 0.717) is 16.9 Å². The van der Waals surface area contributed by atoms with Crippen molar-refractivity contribution < 1.29 is 22.2 Å². The fourth-order valence-corrected chi connectivity index (χ4v) is 4.30. The van der Waals surface area contributed by atoms with Crippen LogP contribution in [0.3, 0.4) is 0 Å². The van der Waals surface area contributed by atoms with E-state index in [1.54, 1.807) is 6.26 Å². The van der Waals surface area contributed by atoms with Crippen molar-refractivity contribution in [2.75, 3.05) is 6.26 Å². The number of rotatable bonds is 4. The van der Waals surface area contributed by atoms with Crippen LogP contribution in [-0.2, 0) is 30.7 Å². The van der Waals surface area contributed by atoms with Gasteiger partial charge in [0, 0.05) is 29.4 Å². The first-order valence-corrected chi connectivity index (χ1v) is 11.1. The maximum atomic E-state index is 12.4. The summed E-state index contributed by atoms with van der Waals surface area (Å²) in [4.78, 5) is 5.47. The van der Waals surface area contributed by atoms with Crippen LogP contribution in [0.15, 0.2) is 11.0 Å². The molecule has 0 saturated carbocycles. The normalized spacial score (nSPS) is 13.8. The molecule has 0 aliphatic rings. The van der Waals surface area contributed by atoms with Crippen molar-refractivity contribution in [2.24, 2.45) is 0 Å². The molecular formula is C19H32O5S2. The van der Waals surface area contributed by atoms with Crippen LogP contribution < -0.4 is 4.89 Å². The highest BCUT2D eigenvalue weighted by molar-refractivity contribution is 7.93. The molecule has 26 heavy (non-hydrogen) atoms. The molecule has 1 N–H and O–H groups in total. The molecule has 5 nitrogen and oxygen atoms in total. The van der Waals surface area contributed by atoms with Gasteiger partial charge >= 0.3 is 0 Å². The summed E-state index contributed by atoms with van der Waals surface area (Å²) in [6, 6.07) is 1.82. The summed E-state index contributed by atoms with van der Waals surface area (Å²) in [6.45, 7) is 17.5. The van der Waals surface area contributed by atoms with Crippen LogP contribution in [0.5, 0.6) is 5.75 Å². The van der Waals surface area contributed by atoms with E-state index in [-0.39, 0.29) is 10.3 Å². The topological polar surface area (TPSA) is 72.8 Å². The third-order valence-electron chi connectivity index (χ3n) is 4.04. The van der Waals surface area contributed by atoms with Crippen LogP contribution in [0.2, 0.25) is 0 Å². The molecule has 1 aromatic rings. The van der Waals surface area contributed by atoms with Gasteiger partial charge in [0.15, 0.2) is 5.75 Å². The largest absolute Gasteiger partial charge is 0.325 e. The van der Waals surface area contributed by atoms with Crippen LogP contribution in [0, 0.1) is 0 Å². The molecule has 0 atom stereocenters. The first kappa shape index (κ1) is 23.3. The average Bonchev–Trinajstić information content (AvgIpc) is 2.39. The SMILES string of the molecule is CSOOc1c(C(C)(C)C)cc(C(C)(C)C)c(S(=O)(=O)O)c1C(C)(C)C. The summed E-state index contributed by atoms with van der Waals surface area (Å²) in [5.41, 5.74) is 0.383. The molecule has 0 unspecified atom stereocenters. The van der Waals surface area contributed by atoms with Crippen LogP contribution in [0.1, 0.15) is 79.0 Å². The van der Waals surface area contributed by atoms with Crippen molar-refractivity contribution in [3.8, 4) is 5.75 Å². The Morgan fingerprint density at radius 3 is 1.65 bits per heavy atom. The molecule has 1 aromatic carbocycles. The van der Waals surface area contributed by atoms with Crippen molar-refractivity contribution in [3.63, 3.8) is 0 Å². The summed E-state index contributed by atoms with van der Waals surface area (Å²) < 4.78 is 40.0. The van der Waals surface area contributed by atoms with Crippen LogP contribution >= 0.6 is 12.0 Å². The van der Waals surface area contributed by atoms with E-state index in [2.05, 4.69) is 0 Å². The molecular weight excluding hydrogens is 372 g/mol. The highest BCUT2D eigenvalue weighted by Crippen LogP contribution is 2.47. The molecule has 0 fully saturated rings. The van der Waals surface area contributed by atoms with Gasteiger partial charge in [0.25, 0.3) is 10.1 Å². The molecule has 0 spiro atoms. The van der Waals surface area contributed by atoms with Gasteiger partial charge in [-0.25, -0.2) is 0 Å². The Balaban J connectivity index is 4.25. The first-order valence-electron chi connectivity index (χ1n) is 8.49. The quantitative estimate of drug-likeness (QED) is 0.313. The second kappa shape index (κ2) is 7.34. The molecule has 1 rings (SSSR count). The second-order valence-corrected chi connectivity index (χ2v) is 11.4. The van der Waals surface area contributed by atoms with Crippen molar-refractivity contribution in [2.45, 2.75) is 83.5 Å². The summed E-state index contributed by atoms with van der Waals surface area (Å²) >= 11 is 1.02. The summed E-state index contributed by atoms with van der Waals surface area (Å²) in [6.07, 6.45) is 1.71. The van der Waals surface area contributed by atoms with Crippen molar-refractivity contribution >= 4 is 22.2 Å². The maximum absolute atomic E-state index is 12.4. The Kier molecular flexibility index (Phi) is 6.57. The zero-order valence-electron chi connectivity index (χ0n) is 17.5. The van der Waals surface area contributed by atoms with E-state index in [0.717, 1.165) is 17.6 Å². The van der Waals surface area contributed by atoms with Crippen molar-refractivity contribution in [1.82, 2.24) is 0 Å². The van der Waals surface area contributed by atoms with Gasteiger partial charge in [0.2, 0.25) is 0 Å². The Labute approximate surface area is 162 Å². The van der Waals surface area contributed by atoms with E-state index < -0.39 is 20.9 Å². The third-order valence-corrected chi connectivity index (χ3v) is 5.19. The monoisotopic (exact) mass is 404 g/mol. The van der Waals surface area contributed by atoms with E-state index in [1.807, 2.05) is 68.4 Å². The van der Waals surface area contributed by atoms with E-state index in [9.17, 15) is 13.0 Å². The lowest BCUT2D eigenvalue weighted by Gasteiger charge is -2.34. The van der Waals surface area contributed by atoms with Crippen molar-refractivity contribution in [1.29, 1.82) is 0 Å². The summed E-state index contributed by atoms with van der Waals surface area (Å²) in [5, 5.41) is 0. The highest BCUT2D eigenvalue weighted by atomic mass is 32.2. The Morgan fingerprint density at radius 2 is 1.35 bits per heavy atom. The van der Waals surface area contributed by atoms with E-state index in [1.165, 1.54) is 0 Å². The molecule has 0 bridgehead atoms. The van der Waals surface area contributed by atoms with Gasteiger partial charge in [-0.05, 0) is 27.9 Å². The number of benzene rings is 1. The molecule has 0 amide bonds. The van der Waals surface area contributed by atoms with Gasteiger partial charge in [0.05, 0.1) is 0 Å². The van der Waals surface area contributed by atoms with Crippen LogP contribution in [0.4, 0.5) is 0 Å². The molecule has 0 radical (unpaired) electrons. The predicted molar refractivity (Wildman–Crippen MR) is 108 cm³/mol. The molecule has 150 valence electrons. The predicted octanol–water partition coefficient (Wildman–Crippen LogP) is 5.41. The lowest BCUT2D eigenvalue weighted by atomic mass is 9.74. The lowest BCUT2D eigenvalue weighted by Crippen LogP contribution is -2.27. The van der Waals surface area contributed by atoms with Gasteiger partial charge in [0.1, 0.15) is 4.90 Å². The Bertz CT molecular complexity index is 761. The van der Waals surface area contributed by atoms with Gasteiger partial charge in [-0.2, -0.15) is 8.42 Å². The lowest BCUT2D eigenvalue weighted by molar-refractivity contribution is -0.0805. The van der Waals surface area contributed by atoms with E-state index in [4.69, 9.17) is 9.22 Å². The van der Waals surface area contributed by atoms with Gasteiger partial charge < -0.3 is 4.89 Å². The molecule has 0 saturated heterocycles. The minimum Gasteiger partial charge on any atom is -0.325 e. The zero-order valence-corrected chi connectivity index (χ0v) is 19.1. The standard InChI is InChI=1S/C19H32O5S2/c1-17(2,3)12-11-13(18(4,5)6)16(26(20,21)22)14(19(7,8)9)15(12)23-24-25-10/h11H,1-10H3,(H,20,21,22). The maximum Gasteiger partial charge on any atom is 0.295 e. The van der Waals surface area contributed by atoms with Gasteiger partial charge in [-0.15, -0.1) is 4.33 Å². The first-order chi connectivity index (χ1) is 11.4. The van der Waals surface area contributed by atoms with Gasteiger partial charge in [-0.1, -0.05) is 62.3 Å². The molecule has 0 aliphatic heterocycles.